The first-order valence-electron chi connectivity index (χ1n) is 6.11. The van der Waals surface area contributed by atoms with Gasteiger partial charge in [0.25, 0.3) is 0 Å². The smallest absolute Gasteiger partial charge is 0.170 e. The fourth-order valence-corrected chi connectivity index (χ4v) is 4.43. The minimum atomic E-state index is 0.686. The molecular formula is C14H17IN+. The lowest BCUT2D eigenvalue weighted by Crippen LogP contribution is -2.47. The first-order valence-corrected chi connectivity index (χ1v) is 7.35. The van der Waals surface area contributed by atoms with Gasteiger partial charge in [-0.15, -0.1) is 0 Å². The zero-order valence-electron chi connectivity index (χ0n) is 9.30. The van der Waals surface area contributed by atoms with E-state index in [0.29, 0.717) is 6.04 Å². The van der Waals surface area contributed by atoms with Crippen molar-refractivity contribution < 1.29 is 4.57 Å². The molecule has 1 aromatic heterocycles. The number of allylic oxidation sites excluding steroid dienone is 2. The number of hydrogen-bond acceptors (Lipinski definition) is 0. The van der Waals surface area contributed by atoms with Crippen LogP contribution >= 0.6 is 22.6 Å². The number of hydrogen-bond donors (Lipinski definition) is 0. The molecule has 2 heteroatoms. The number of aromatic nitrogens is 1. The number of halogens is 1. The highest BCUT2D eigenvalue weighted by molar-refractivity contribution is 14.1. The summed E-state index contributed by atoms with van der Waals surface area (Å²) in [7, 11) is 0. The molecule has 0 N–H and O–H groups in total. The highest BCUT2D eigenvalue weighted by atomic mass is 127. The lowest BCUT2D eigenvalue weighted by Gasteiger charge is -2.32. The predicted molar refractivity (Wildman–Crippen MR) is 73.5 cm³/mol. The van der Waals surface area contributed by atoms with E-state index in [9.17, 15) is 0 Å². The molecule has 0 unspecified atom stereocenters. The number of pyridine rings is 1. The number of alkyl halides is 1. The van der Waals surface area contributed by atoms with Gasteiger partial charge in [-0.05, 0) is 24.7 Å². The molecule has 84 valence electrons. The van der Waals surface area contributed by atoms with Crippen LogP contribution in [-0.2, 0) is 0 Å². The van der Waals surface area contributed by atoms with E-state index < -0.39 is 0 Å². The maximum atomic E-state index is 2.65. The van der Waals surface area contributed by atoms with E-state index in [0.717, 1.165) is 15.8 Å². The van der Waals surface area contributed by atoms with Crippen LogP contribution in [0.15, 0.2) is 42.7 Å². The van der Waals surface area contributed by atoms with Gasteiger partial charge < -0.3 is 0 Å². The molecule has 0 aliphatic heterocycles. The van der Waals surface area contributed by atoms with E-state index in [2.05, 4.69) is 69.9 Å². The molecule has 2 aliphatic rings. The van der Waals surface area contributed by atoms with Crippen LogP contribution in [0.25, 0.3) is 0 Å². The van der Waals surface area contributed by atoms with Gasteiger partial charge in [0, 0.05) is 18.6 Å². The summed E-state index contributed by atoms with van der Waals surface area (Å²) >= 11 is 2.65. The summed E-state index contributed by atoms with van der Waals surface area (Å²) in [4.78, 5) is 0. The van der Waals surface area contributed by atoms with Gasteiger partial charge in [0.05, 0.1) is 3.92 Å². The molecule has 1 nitrogen and oxygen atoms in total. The van der Waals surface area contributed by atoms with Gasteiger partial charge >= 0.3 is 0 Å². The second-order valence-electron chi connectivity index (χ2n) is 4.97. The standard InChI is InChI=1S/C14H17IN/c15-13-9-11-5-4-6-12(11)10-14(13)16-7-2-1-3-8-16/h1-4,6-8,11-14H,5,9-10H2/q+1/t11-,12+,13-,14-/m0/s1. The van der Waals surface area contributed by atoms with Crippen molar-refractivity contribution in [2.45, 2.75) is 29.2 Å². The minimum Gasteiger partial charge on any atom is -0.201 e. The van der Waals surface area contributed by atoms with Gasteiger partial charge in [-0.1, -0.05) is 40.8 Å². The molecule has 0 aromatic carbocycles. The maximum Gasteiger partial charge on any atom is 0.170 e. The van der Waals surface area contributed by atoms with Crippen LogP contribution in [0.3, 0.4) is 0 Å². The molecule has 1 aromatic rings. The largest absolute Gasteiger partial charge is 0.201 e. The summed E-state index contributed by atoms with van der Waals surface area (Å²) in [5, 5.41) is 0. The van der Waals surface area contributed by atoms with Crippen molar-refractivity contribution in [3.8, 4) is 0 Å². The Bertz CT molecular complexity index is 387. The number of rotatable bonds is 1. The molecule has 0 bridgehead atoms. The third-order valence-corrected chi connectivity index (χ3v) is 5.35. The van der Waals surface area contributed by atoms with Crippen LogP contribution in [0.1, 0.15) is 25.3 Å². The Kier molecular flexibility index (Phi) is 3.01. The van der Waals surface area contributed by atoms with E-state index in [1.54, 1.807) is 0 Å². The summed E-state index contributed by atoms with van der Waals surface area (Å²) in [6.45, 7) is 0. The van der Waals surface area contributed by atoms with Gasteiger partial charge in [0.15, 0.2) is 18.4 Å². The quantitative estimate of drug-likeness (QED) is 0.323. The van der Waals surface area contributed by atoms with Crippen molar-refractivity contribution >= 4 is 22.6 Å². The summed E-state index contributed by atoms with van der Waals surface area (Å²) in [5.74, 6) is 1.77. The molecule has 2 aliphatic carbocycles. The van der Waals surface area contributed by atoms with E-state index in [-0.39, 0.29) is 0 Å². The molecule has 1 fully saturated rings. The lowest BCUT2D eigenvalue weighted by molar-refractivity contribution is -0.724. The van der Waals surface area contributed by atoms with Crippen LogP contribution in [0, 0.1) is 11.8 Å². The Hall–Kier alpha value is -0.380. The second kappa shape index (κ2) is 4.47. The van der Waals surface area contributed by atoms with Gasteiger partial charge in [-0.3, -0.25) is 0 Å². The lowest BCUT2D eigenvalue weighted by atomic mass is 9.79. The normalized spacial score (nSPS) is 37.3. The van der Waals surface area contributed by atoms with Gasteiger partial charge in [-0.25, -0.2) is 4.57 Å². The summed E-state index contributed by atoms with van der Waals surface area (Å²) in [6.07, 6.45) is 13.3. The van der Waals surface area contributed by atoms with E-state index in [1.165, 1.54) is 19.3 Å². The topological polar surface area (TPSA) is 3.88 Å². The second-order valence-corrected chi connectivity index (χ2v) is 6.57. The summed E-state index contributed by atoms with van der Waals surface area (Å²) in [6, 6.07) is 7.06. The van der Waals surface area contributed by atoms with Crippen molar-refractivity contribution in [3.63, 3.8) is 0 Å². The molecule has 4 atom stereocenters. The molecule has 1 heterocycles. The minimum absolute atomic E-state index is 0.686. The number of fused-ring (bicyclic) bond motifs is 1. The van der Waals surface area contributed by atoms with Gasteiger partial charge in [0.1, 0.15) is 0 Å². The van der Waals surface area contributed by atoms with Crippen LogP contribution < -0.4 is 4.57 Å². The fourth-order valence-electron chi connectivity index (χ4n) is 3.12. The molecule has 3 rings (SSSR count). The molecule has 0 spiro atoms. The molecule has 1 saturated carbocycles. The molecule has 16 heavy (non-hydrogen) atoms. The van der Waals surface area contributed by atoms with Crippen molar-refractivity contribution in [1.29, 1.82) is 0 Å². The van der Waals surface area contributed by atoms with Crippen LogP contribution in [-0.4, -0.2) is 3.92 Å². The van der Waals surface area contributed by atoms with Crippen LogP contribution in [0.2, 0.25) is 0 Å². The van der Waals surface area contributed by atoms with Crippen molar-refractivity contribution in [2.75, 3.05) is 0 Å². The summed E-state index contributed by atoms with van der Waals surface area (Å²) < 4.78 is 3.19. The van der Waals surface area contributed by atoms with E-state index in [1.807, 2.05) is 0 Å². The van der Waals surface area contributed by atoms with Gasteiger partial charge in [0.2, 0.25) is 0 Å². The van der Waals surface area contributed by atoms with Gasteiger partial charge in [-0.2, -0.15) is 0 Å². The number of nitrogens with zero attached hydrogens (tertiary/aromatic N) is 1. The zero-order chi connectivity index (χ0) is 11.0. The fraction of sp³-hybridized carbons (Fsp3) is 0.500. The molecular weight excluding hydrogens is 309 g/mol. The highest BCUT2D eigenvalue weighted by Gasteiger charge is 2.40. The third kappa shape index (κ3) is 1.92. The molecule has 0 amide bonds. The first kappa shape index (κ1) is 10.8. The average Bonchev–Trinajstić information content (AvgIpc) is 2.76. The highest BCUT2D eigenvalue weighted by Crippen LogP contribution is 2.43. The average molecular weight is 326 g/mol. The van der Waals surface area contributed by atoms with Crippen molar-refractivity contribution in [2.24, 2.45) is 11.8 Å². The Morgan fingerprint density at radius 1 is 1.06 bits per heavy atom. The Balaban J connectivity index is 1.83. The zero-order valence-corrected chi connectivity index (χ0v) is 11.5. The first-order chi connectivity index (χ1) is 7.84. The monoisotopic (exact) mass is 326 g/mol. The van der Waals surface area contributed by atoms with Crippen LogP contribution in [0.5, 0.6) is 0 Å². The Labute approximate surface area is 111 Å². The van der Waals surface area contributed by atoms with Crippen molar-refractivity contribution in [1.82, 2.24) is 0 Å². The van der Waals surface area contributed by atoms with E-state index in [4.69, 9.17) is 0 Å². The van der Waals surface area contributed by atoms with Crippen molar-refractivity contribution in [3.05, 3.63) is 42.7 Å². The summed E-state index contributed by atoms with van der Waals surface area (Å²) in [5.41, 5.74) is 0. The Morgan fingerprint density at radius 3 is 2.69 bits per heavy atom. The maximum absolute atomic E-state index is 2.65. The molecule has 0 saturated heterocycles. The predicted octanol–water partition coefficient (Wildman–Crippen LogP) is 3.30. The molecule has 0 radical (unpaired) electrons. The van der Waals surface area contributed by atoms with E-state index >= 15 is 0 Å². The van der Waals surface area contributed by atoms with Crippen LogP contribution in [0.4, 0.5) is 0 Å². The third-order valence-electron chi connectivity index (χ3n) is 4.01. The Morgan fingerprint density at radius 2 is 1.88 bits per heavy atom. The SMILES string of the molecule is I[C@H]1C[C@@H]2CC=C[C@@H]2C[C@@H]1[n+]1ccccc1.